The molecule has 6 aromatic carbocycles. The molecule has 0 amide bonds. The Balaban J connectivity index is 1.27. The van der Waals surface area contributed by atoms with Crippen LogP contribution >= 0.6 is 0 Å². The molecule has 9 rings (SSSR count). The summed E-state index contributed by atoms with van der Waals surface area (Å²) >= 11 is 0. The number of hydrogen-bond acceptors (Lipinski definition) is 3. The van der Waals surface area contributed by atoms with E-state index in [1.165, 1.54) is 43.8 Å². The van der Waals surface area contributed by atoms with Crippen molar-refractivity contribution in [2.24, 2.45) is 0 Å². The van der Waals surface area contributed by atoms with Gasteiger partial charge in [-0.15, -0.1) is 0 Å². The molecule has 3 heteroatoms. The molecule has 0 N–H and O–H groups in total. The summed E-state index contributed by atoms with van der Waals surface area (Å²) in [5.74, 6) is 0.691. The molecule has 0 saturated carbocycles. The van der Waals surface area contributed by atoms with Crippen LogP contribution < -0.4 is 0 Å². The lowest BCUT2D eigenvalue weighted by molar-refractivity contribution is 0.661. The van der Waals surface area contributed by atoms with Crippen molar-refractivity contribution < 1.29 is 0 Å². The summed E-state index contributed by atoms with van der Waals surface area (Å²) in [6, 6.07) is 49.7. The summed E-state index contributed by atoms with van der Waals surface area (Å²) in [6.45, 7) is 4.69. The molecule has 222 valence electrons. The summed E-state index contributed by atoms with van der Waals surface area (Å²) < 4.78 is 0. The van der Waals surface area contributed by atoms with E-state index >= 15 is 0 Å². The van der Waals surface area contributed by atoms with Gasteiger partial charge in [-0.1, -0.05) is 129 Å². The number of benzene rings is 6. The van der Waals surface area contributed by atoms with E-state index < -0.39 is 0 Å². The molecular weight excluding hydrogens is 571 g/mol. The summed E-state index contributed by atoms with van der Waals surface area (Å²) in [5, 5.41) is 4.92. The van der Waals surface area contributed by atoms with Crippen molar-refractivity contribution in [1.82, 2.24) is 15.0 Å². The first-order valence-corrected chi connectivity index (χ1v) is 16.1. The lowest BCUT2D eigenvalue weighted by Crippen LogP contribution is -2.14. The van der Waals surface area contributed by atoms with Gasteiger partial charge in [-0.25, -0.2) is 9.97 Å². The fourth-order valence-electron chi connectivity index (χ4n) is 7.43. The van der Waals surface area contributed by atoms with Crippen LogP contribution in [0.15, 0.2) is 152 Å². The predicted octanol–water partition coefficient (Wildman–Crippen LogP) is 11.2. The molecule has 0 unspecified atom stereocenters. The molecule has 0 radical (unpaired) electrons. The van der Waals surface area contributed by atoms with Crippen LogP contribution in [0.5, 0.6) is 0 Å². The highest BCUT2D eigenvalue weighted by Gasteiger charge is 2.35. The average Bonchev–Trinajstić information content (AvgIpc) is 3.36. The minimum Gasteiger partial charge on any atom is -0.264 e. The first-order chi connectivity index (χ1) is 23.1. The molecule has 2 heterocycles. The Hall–Kier alpha value is -5.93. The zero-order valence-electron chi connectivity index (χ0n) is 26.3. The second kappa shape index (κ2) is 10.6. The van der Waals surface area contributed by atoms with Crippen molar-refractivity contribution >= 4 is 21.5 Å². The van der Waals surface area contributed by atoms with Crippen LogP contribution in [-0.4, -0.2) is 15.0 Å². The normalized spacial score (nSPS) is 13.1. The minimum absolute atomic E-state index is 0.0618. The van der Waals surface area contributed by atoms with E-state index in [0.29, 0.717) is 5.82 Å². The largest absolute Gasteiger partial charge is 0.264 e. The van der Waals surface area contributed by atoms with Crippen LogP contribution in [0.4, 0.5) is 0 Å². The minimum atomic E-state index is -0.0618. The van der Waals surface area contributed by atoms with Gasteiger partial charge in [-0.2, -0.15) is 0 Å². The third-order valence-electron chi connectivity index (χ3n) is 9.79. The highest BCUT2D eigenvalue weighted by Crippen LogP contribution is 2.50. The smallest absolute Gasteiger partial charge is 0.161 e. The third kappa shape index (κ3) is 4.39. The Morgan fingerprint density at radius 1 is 0.447 bits per heavy atom. The Kier molecular flexibility index (Phi) is 6.16. The van der Waals surface area contributed by atoms with Crippen molar-refractivity contribution in [3.63, 3.8) is 0 Å². The second-order valence-electron chi connectivity index (χ2n) is 12.9. The SMILES string of the molecule is CC1(C)c2ccccc2-c2cc3ccc4c(-c5cc(-c6ccccc6)nc(-c6ccccc6-c6cccnc6)n5)cccc4c3cc21. The maximum absolute atomic E-state index is 5.29. The fraction of sp³-hybridized carbons (Fsp3) is 0.0682. The topological polar surface area (TPSA) is 38.7 Å². The number of nitrogens with zero attached hydrogens (tertiary/aromatic N) is 3. The van der Waals surface area contributed by atoms with Gasteiger partial charge in [-0.05, 0) is 73.6 Å². The van der Waals surface area contributed by atoms with Crippen LogP contribution in [0, 0.1) is 0 Å². The molecule has 3 nitrogen and oxygen atoms in total. The Morgan fingerprint density at radius 3 is 2.00 bits per heavy atom. The van der Waals surface area contributed by atoms with Crippen molar-refractivity contribution in [2.75, 3.05) is 0 Å². The maximum Gasteiger partial charge on any atom is 0.161 e. The van der Waals surface area contributed by atoms with E-state index in [-0.39, 0.29) is 5.41 Å². The van der Waals surface area contributed by atoms with E-state index in [1.54, 1.807) is 6.20 Å². The Morgan fingerprint density at radius 2 is 1.17 bits per heavy atom. The van der Waals surface area contributed by atoms with E-state index in [0.717, 1.165) is 39.2 Å². The van der Waals surface area contributed by atoms with Gasteiger partial charge in [0, 0.05) is 40.1 Å². The molecular formula is C44H31N3. The molecule has 2 aromatic heterocycles. The maximum atomic E-state index is 5.29. The van der Waals surface area contributed by atoms with Gasteiger partial charge in [0.1, 0.15) is 0 Å². The molecule has 0 spiro atoms. The van der Waals surface area contributed by atoms with Crippen LogP contribution in [0.1, 0.15) is 25.0 Å². The number of hydrogen-bond donors (Lipinski definition) is 0. The van der Waals surface area contributed by atoms with Gasteiger partial charge in [0.25, 0.3) is 0 Å². The summed E-state index contributed by atoms with van der Waals surface area (Å²) in [7, 11) is 0. The lowest BCUT2D eigenvalue weighted by atomic mass is 9.81. The van der Waals surface area contributed by atoms with Gasteiger partial charge in [0.2, 0.25) is 0 Å². The Bertz CT molecular complexity index is 2480. The quantitative estimate of drug-likeness (QED) is 0.188. The average molecular weight is 602 g/mol. The van der Waals surface area contributed by atoms with Crippen molar-refractivity contribution in [2.45, 2.75) is 19.3 Å². The highest BCUT2D eigenvalue weighted by molar-refractivity contribution is 6.13. The van der Waals surface area contributed by atoms with E-state index in [2.05, 4.69) is 146 Å². The monoisotopic (exact) mass is 601 g/mol. The van der Waals surface area contributed by atoms with Crippen molar-refractivity contribution in [1.29, 1.82) is 0 Å². The van der Waals surface area contributed by atoms with Crippen molar-refractivity contribution in [3.8, 4) is 56.2 Å². The van der Waals surface area contributed by atoms with Crippen LogP contribution in [0.25, 0.3) is 77.7 Å². The molecule has 1 aliphatic rings. The first-order valence-electron chi connectivity index (χ1n) is 16.1. The van der Waals surface area contributed by atoms with Gasteiger partial charge in [0.05, 0.1) is 11.4 Å². The summed E-state index contributed by atoms with van der Waals surface area (Å²) in [5.41, 5.74) is 12.4. The zero-order chi connectivity index (χ0) is 31.5. The molecule has 8 aromatic rings. The summed E-state index contributed by atoms with van der Waals surface area (Å²) in [6.07, 6.45) is 3.70. The van der Waals surface area contributed by atoms with Gasteiger partial charge >= 0.3 is 0 Å². The Labute approximate surface area is 274 Å². The molecule has 0 aliphatic heterocycles. The third-order valence-corrected chi connectivity index (χ3v) is 9.79. The summed E-state index contributed by atoms with van der Waals surface area (Å²) in [4.78, 5) is 14.8. The molecule has 1 aliphatic carbocycles. The fourth-order valence-corrected chi connectivity index (χ4v) is 7.43. The van der Waals surface area contributed by atoms with Gasteiger partial charge in [0.15, 0.2) is 5.82 Å². The highest BCUT2D eigenvalue weighted by atomic mass is 14.9. The van der Waals surface area contributed by atoms with Gasteiger partial charge < -0.3 is 0 Å². The van der Waals surface area contributed by atoms with E-state index in [9.17, 15) is 0 Å². The molecule has 0 bridgehead atoms. The first kappa shape index (κ1) is 27.4. The number of rotatable bonds is 4. The van der Waals surface area contributed by atoms with E-state index in [4.69, 9.17) is 9.97 Å². The number of aromatic nitrogens is 3. The zero-order valence-corrected chi connectivity index (χ0v) is 26.3. The van der Waals surface area contributed by atoms with Gasteiger partial charge in [-0.3, -0.25) is 4.98 Å². The second-order valence-corrected chi connectivity index (χ2v) is 12.9. The van der Waals surface area contributed by atoms with Crippen LogP contribution in [0.3, 0.4) is 0 Å². The lowest BCUT2D eigenvalue weighted by Gasteiger charge is -2.22. The van der Waals surface area contributed by atoms with Crippen LogP contribution in [-0.2, 0) is 5.41 Å². The van der Waals surface area contributed by atoms with Crippen LogP contribution in [0.2, 0.25) is 0 Å². The molecule has 47 heavy (non-hydrogen) atoms. The predicted molar refractivity (Wildman–Crippen MR) is 194 cm³/mol. The van der Waals surface area contributed by atoms with E-state index in [1.807, 2.05) is 18.3 Å². The molecule has 0 atom stereocenters. The molecule has 0 fully saturated rings. The van der Waals surface area contributed by atoms with Crippen molar-refractivity contribution in [3.05, 3.63) is 163 Å². The standard InChI is InChI=1S/C44H31N3/c1-44(2)39-20-9-8-16-34(39)38-24-29-21-22-33-32(37(29)25-40(38)44)18-10-19-35(33)42-26-41(28-12-4-3-5-13-28)46-43(47-42)36-17-7-6-15-31(36)30-14-11-23-45-27-30/h3-27H,1-2H3. The number of pyridine rings is 1. The molecule has 0 saturated heterocycles. The number of fused-ring (bicyclic) bond motifs is 6.